The van der Waals surface area contributed by atoms with Crippen LogP contribution >= 0.6 is 0 Å². The van der Waals surface area contributed by atoms with Crippen molar-refractivity contribution in [1.82, 2.24) is 10.2 Å². The van der Waals surface area contributed by atoms with Gasteiger partial charge in [-0.05, 0) is 75.2 Å². The van der Waals surface area contributed by atoms with Crippen LogP contribution in [0.1, 0.15) is 64.7 Å². The molecule has 4 saturated carbocycles. The maximum atomic E-state index is 13.2. The Morgan fingerprint density at radius 2 is 2.07 bits per heavy atom. The Labute approximate surface area is 242 Å². The van der Waals surface area contributed by atoms with Gasteiger partial charge in [-0.15, -0.1) is 0 Å². The second-order valence-electron chi connectivity index (χ2n) is 13.7. The minimum absolute atomic E-state index is 0.0449. The summed E-state index contributed by atoms with van der Waals surface area (Å²) in [5.74, 6) is -0.524. The molecular weight excluding hydrogens is 524 g/mol. The predicted octanol–water partition coefficient (Wildman–Crippen LogP) is 1.61. The number of nitrogens with zero attached hydrogens (tertiary/aromatic N) is 2. The average Bonchev–Trinajstić information content (AvgIpc) is 3.29. The van der Waals surface area contributed by atoms with Gasteiger partial charge in [0, 0.05) is 55.0 Å². The van der Waals surface area contributed by atoms with Crippen molar-refractivity contribution in [2.75, 3.05) is 39.9 Å². The van der Waals surface area contributed by atoms with Crippen LogP contribution in [0.2, 0.25) is 0 Å². The molecule has 10 heteroatoms. The highest BCUT2D eigenvalue weighted by Crippen LogP contribution is 2.84. The van der Waals surface area contributed by atoms with Gasteiger partial charge < -0.3 is 41.1 Å². The number of guanidine groups is 1. The van der Waals surface area contributed by atoms with Crippen molar-refractivity contribution in [2.24, 2.45) is 44.7 Å². The number of aliphatic carboxylic acids is 1. The van der Waals surface area contributed by atoms with Crippen LogP contribution in [0.4, 0.5) is 0 Å². The van der Waals surface area contributed by atoms with Crippen molar-refractivity contribution in [3.05, 3.63) is 23.4 Å². The Hall–Kier alpha value is -1.98. The zero-order chi connectivity index (χ0) is 29.2. The lowest BCUT2D eigenvalue weighted by atomic mass is 9.35. The minimum Gasteiger partial charge on any atom is -0.478 e. The van der Waals surface area contributed by atoms with Crippen LogP contribution in [0.25, 0.3) is 0 Å². The summed E-state index contributed by atoms with van der Waals surface area (Å²) in [5, 5.41) is 46.9. The van der Waals surface area contributed by atoms with Gasteiger partial charge in [-0.3, -0.25) is 4.99 Å². The van der Waals surface area contributed by atoms with E-state index in [4.69, 9.17) is 10.5 Å². The molecule has 7 N–H and O–H groups in total. The molecule has 0 radical (unpaired) electrons. The number of aliphatic hydroxyl groups is 3. The Kier molecular flexibility index (Phi) is 7.33. The van der Waals surface area contributed by atoms with E-state index in [1.165, 1.54) is 0 Å². The molecule has 1 aliphatic heterocycles. The highest BCUT2D eigenvalue weighted by molar-refractivity contribution is 5.92. The largest absolute Gasteiger partial charge is 0.478 e. The molecule has 2 bridgehead atoms. The summed E-state index contributed by atoms with van der Waals surface area (Å²) >= 11 is 0. The van der Waals surface area contributed by atoms with Gasteiger partial charge >= 0.3 is 5.97 Å². The topological polar surface area (TPSA) is 161 Å². The van der Waals surface area contributed by atoms with E-state index in [0.717, 1.165) is 44.1 Å². The summed E-state index contributed by atoms with van der Waals surface area (Å²) in [7, 11) is 1.69. The molecule has 0 aromatic heterocycles. The number of rotatable bonds is 8. The summed E-state index contributed by atoms with van der Waals surface area (Å²) in [5.41, 5.74) is 4.68. The van der Waals surface area contributed by atoms with E-state index in [1.54, 1.807) is 7.05 Å². The number of aliphatic imine (C=N–C) groups is 1. The van der Waals surface area contributed by atoms with Gasteiger partial charge in [0.2, 0.25) is 0 Å². The maximum absolute atomic E-state index is 13.2. The quantitative estimate of drug-likeness (QED) is 0.144. The molecule has 6 rings (SSSR count). The van der Waals surface area contributed by atoms with Crippen LogP contribution in [0.5, 0.6) is 0 Å². The molecule has 41 heavy (non-hydrogen) atoms. The number of carbonyl (C=O) groups is 1. The molecule has 1 heterocycles. The molecule has 0 aromatic carbocycles. The van der Waals surface area contributed by atoms with Crippen molar-refractivity contribution >= 4 is 11.9 Å². The van der Waals surface area contributed by atoms with Crippen molar-refractivity contribution in [2.45, 2.75) is 82.5 Å². The van der Waals surface area contributed by atoms with E-state index in [2.05, 4.69) is 23.3 Å². The lowest BCUT2D eigenvalue weighted by molar-refractivity contribution is -0.221. The minimum atomic E-state index is -1.62. The zero-order valence-corrected chi connectivity index (χ0v) is 24.5. The molecule has 2 spiro atoms. The van der Waals surface area contributed by atoms with Gasteiger partial charge in [0.1, 0.15) is 5.60 Å². The highest BCUT2D eigenvalue weighted by Gasteiger charge is 2.83. The number of nitrogens with one attached hydrogen (secondary N) is 1. The number of ether oxygens (including phenoxy) is 1. The molecular formula is C31H48N4O6. The second-order valence-corrected chi connectivity index (χ2v) is 13.7. The van der Waals surface area contributed by atoms with E-state index in [1.807, 2.05) is 11.1 Å². The fourth-order valence-corrected chi connectivity index (χ4v) is 11.0. The third-order valence-corrected chi connectivity index (χ3v) is 12.3. The Morgan fingerprint density at radius 1 is 1.27 bits per heavy atom. The van der Waals surface area contributed by atoms with Gasteiger partial charge in [-0.1, -0.05) is 13.0 Å². The van der Waals surface area contributed by atoms with Crippen LogP contribution in [-0.2, 0) is 9.53 Å². The average molecular weight is 573 g/mol. The number of nitrogens with two attached hydrogens (primary N) is 1. The predicted molar refractivity (Wildman–Crippen MR) is 154 cm³/mol. The fraction of sp³-hybridized carbons (Fsp3) is 0.806. The van der Waals surface area contributed by atoms with Gasteiger partial charge in [0.05, 0.1) is 31.0 Å². The molecule has 6 aliphatic rings. The van der Waals surface area contributed by atoms with E-state index in [9.17, 15) is 25.2 Å². The normalized spacial score (nSPS) is 45.1. The number of hydrogen-bond acceptors (Lipinski definition) is 7. The van der Waals surface area contributed by atoms with Crippen LogP contribution in [-0.4, -0.2) is 95.0 Å². The van der Waals surface area contributed by atoms with E-state index in [-0.39, 0.29) is 53.5 Å². The fourth-order valence-electron chi connectivity index (χ4n) is 11.0. The maximum Gasteiger partial charge on any atom is 0.334 e. The standard InChI is InChI=1S/C31H48N4O6/c1-19-6-7-20-14-23-25(26(38)39)29(40,18-41-22-5-3-4-21(37)15-22)24-8-9-28(16-34-11-13-36)10-12-35(27(32)33-2)17-30(20,28)31(19,23)24/h10,12,19-22,24,34,36-37,40H,3-9,11,13-18H2,1-2H3,(H2,32,33)(H,38,39)/t19-,20-,21+,22+,24-,28+,29-,30-,31+/m1/s1. The molecule has 228 valence electrons. The smallest absolute Gasteiger partial charge is 0.334 e. The lowest BCUT2D eigenvalue weighted by Gasteiger charge is -2.70. The molecule has 0 unspecified atom stereocenters. The molecule has 4 fully saturated rings. The summed E-state index contributed by atoms with van der Waals surface area (Å²) in [4.78, 5) is 19.5. The number of carboxylic acids is 1. The van der Waals surface area contributed by atoms with Crippen LogP contribution in [0, 0.1) is 34.0 Å². The van der Waals surface area contributed by atoms with Gasteiger partial charge in [0.25, 0.3) is 0 Å². The Morgan fingerprint density at radius 3 is 2.78 bits per heavy atom. The Balaban J connectivity index is 1.51. The van der Waals surface area contributed by atoms with E-state index < -0.39 is 23.1 Å². The third kappa shape index (κ3) is 3.79. The van der Waals surface area contributed by atoms with Crippen molar-refractivity contribution in [3.63, 3.8) is 0 Å². The van der Waals surface area contributed by atoms with Crippen LogP contribution in [0.3, 0.4) is 0 Å². The van der Waals surface area contributed by atoms with Gasteiger partial charge in [-0.2, -0.15) is 0 Å². The first-order chi connectivity index (χ1) is 19.6. The number of aliphatic hydroxyl groups excluding tert-OH is 2. The van der Waals surface area contributed by atoms with Gasteiger partial charge in [-0.25, -0.2) is 4.79 Å². The number of allylic oxidation sites excluding steroid dienone is 1. The first kappa shape index (κ1) is 29.1. The van der Waals surface area contributed by atoms with Crippen molar-refractivity contribution in [1.29, 1.82) is 0 Å². The van der Waals surface area contributed by atoms with E-state index in [0.29, 0.717) is 44.9 Å². The van der Waals surface area contributed by atoms with E-state index >= 15 is 0 Å². The molecule has 5 aliphatic carbocycles. The van der Waals surface area contributed by atoms with Crippen LogP contribution < -0.4 is 11.1 Å². The SMILES string of the molecule is CN=C(N)N1C=C[C@]2(CNCCO)CC[C@H]3[C@@]45C(=C(C(=O)O)[C@@]3(O)CO[C@H]3CCC[C@H](O)C3)C[C@@H](CC[C@H]4C)[C@]25C1. The van der Waals surface area contributed by atoms with Crippen molar-refractivity contribution in [3.8, 4) is 0 Å². The first-order valence-electron chi connectivity index (χ1n) is 15.6. The Bertz CT molecular complexity index is 1160. The lowest BCUT2D eigenvalue weighted by Crippen LogP contribution is -2.72. The summed E-state index contributed by atoms with van der Waals surface area (Å²) in [6, 6.07) is 0. The molecule has 9 atom stereocenters. The number of hydrogen-bond donors (Lipinski definition) is 6. The molecule has 0 saturated heterocycles. The van der Waals surface area contributed by atoms with Crippen molar-refractivity contribution < 1.29 is 30.0 Å². The van der Waals surface area contributed by atoms with Gasteiger partial charge in [0.15, 0.2) is 5.96 Å². The molecule has 0 aromatic rings. The first-order valence-corrected chi connectivity index (χ1v) is 15.6. The second kappa shape index (κ2) is 10.3. The third-order valence-electron chi connectivity index (χ3n) is 12.3. The molecule has 10 nitrogen and oxygen atoms in total. The monoisotopic (exact) mass is 572 g/mol. The summed E-state index contributed by atoms with van der Waals surface area (Å²) in [6.07, 6.45) is 10.7. The summed E-state index contributed by atoms with van der Waals surface area (Å²) < 4.78 is 6.35. The zero-order valence-electron chi connectivity index (χ0n) is 24.5. The number of carboxylic acid groups (broad SMARTS) is 1. The summed E-state index contributed by atoms with van der Waals surface area (Å²) in [6.45, 7) is 4.01. The highest BCUT2D eigenvalue weighted by atomic mass is 16.5. The van der Waals surface area contributed by atoms with Crippen LogP contribution in [0.15, 0.2) is 28.4 Å². The molecule has 0 amide bonds.